The molecular formula is C34H38F3NO4. The standard InChI is InChI=1S/C34H38F3NO4/c1-3-4-5-7-26(9-6-8-25-10-12-29(13-11-25)33(40)38-23-22-32(39)41-2)24-42-31-20-16-28(17-21-31)27-14-18-30(19-15-27)34(35,36)37/h9-21H,3-8,22-24H2,1-2H3,(H,38,40). The van der Waals surface area contributed by atoms with Crippen molar-refractivity contribution >= 4 is 11.9 Å². The van der Waals surface area contributed by atoms with Crippen molar-refractivity contribution < 1.29 is 32.2 Å². The zero-order chi connectivity index (χ0) is 30.4. The average Bonchev–Trinajstić information content (AvgIpc) is 2.99. The van der Waals surface area contributed by atoms with Gasteiger partial charge in [-0.1, -0.05) is 62.2 Å². The molecule has 0 heterocycles. The van der Waals surface area contributed by atoms with E-state index in [4.69, 9.17) is 4.74 Å². The zero-order valence-electron chi connectivity index (χ0n) is 24.1. The van der Waals surface area contributed by atoms with Crippen molar-refractivity contribution in [2.75, 3.05) is 20.3 Å². The molecule has 3 aromatic rings. The van der Waals surface area contributed by atoms with Gasteiger partial charge in [0.2, 0.25) is 0 Å². The fourth-order valence-electron chi connectivity index (χ4n) is 4.35. The number of methoxy groups -OCH3 is 1. The average molecular weight is 582 g/mol. The molecule has 0 radical (unpaired) electrons. The molecule has 0 unspecified atom stereocenters. The highest BCUT2D eigenvalue weighted by molar-refractivity contribution is 5.94. The number of unbranched alkanes of at least 4 members (excludes halogenated alkanes) is 2. The summed E-state index contributed by atoms with van der Waals surface area (Å²) in [6.07, 6.45) is 3.96. The van der Waals surface area contributed by atoms with Crippen molar-refractivity contribution in [3.05, 3.63) is 101 Å². The minimum absolute atomic E-state index is 0.130. The Morgan fingerprint density at radius 1 is 0.857 bits per heavy atom. The number of rotatable bonds is 15. The number of hydrogen-bond acceptors (Lipinski definition) is 4. The van der Waals surface area contributed by atoms with E-state index in [1.165, 1.54) is 24.8 Å². The third-order valence-electron chi connectivity index (χ3n) is 6.85. The van der Waals surface area contributed by atoms with Crippen molar-refractivity contribution in [2.45, 2.75) is 58.0 Å². The van der Waals surface area contributed by atoms with Gasteiger partial charge in [-0.25, -0.2) is 0 Å². The van der Waals surface area contributed by atoms with Crippen LogP contribution in [0.2, 0.25) is 0 Å². The minimum Gasteiger partial charge on any atom is -0.489 e. The number of ether oxygens (including phenoxy) is 2. The highest BCUT2D eigenvalue weighted by atomic mass is 19.4. The molecule has 8 heteroatoms. The van der Waals surface area contributed by atoms with Gasteiger partial charge in [-0.2, -0.15) is 13.2 Å². The minimum atomic E-state index is -4.35. The van der Waals surface area contributed by atoms with E-state index in [9.17, 15) is 22.8 Å². The molecule has 0 bridgehead atoms. The summed E-state index contributed by atoms with van der Waals surface area (Å²) in [6, 6.07) is 20.0. The van der Waals surface area contributed by atoms with Gasteiger partial charge in [-0.05, 0) is 84.3 Å². The van der Waals surface area contributed by atoms with Crippen LogP contribution in [0.4, 0.5) is 13.2 Å². The van der Waals surface area contributed by atoms with E-state index in [2.05, 4.69) is 23.1 Å². The predicted octanol–water partition coefficient (Wildman–Crippen LogP) is 8.18. The lowest BCUT2D eigenvalue weighted by Gasteiger charge is -2.12. The molecule has 0 aliphatic carbocycles. The number of esters is 1. The first-order valence-electron chi connectivity index (χ1n) is 14.2. The van der Waals surface area contributed by atoms with E-state index in [0.29, 0.717) is 23.5 Å². The number of carbonyl (C=O) groups is 2. The van der Waals surface area contributed by atoms with Crippen LogP contribution in [0, 0.1) is 0 Å². The molecule has 224 valence electrons. The van der Waals surface area contributed by atoms with Crippen LogP contribution in [0.5, 0.6) is 5.75 Å². The summed E-state index contributed by atoms with van der Waals surface area (Å²) in [5.74, 6) is 0.105. The van der Waals surface area contributed by atoms with Gasteiger partial charge in [0.25, 0.3) is 5.91 Å². The fraction of sp³-hybridized carbons (Fsp3) is 0.353. The highest BCUT2D eigenvalue weighted by Gasteiger charge is 2.29. The van der Waals surface area contributed by atoms with Crippen LogP contribution in [-0.2, 0) is 22.1 Å². The Morgan fingerprint density at radius 2 is 1.50 bits per heavy atom. The van der Waals surface area contributed by atoms with Crippen molar-refractivity contribution in [1.82, 2.24) is 5.32 Å². The van der Waals surface area contributed by atoms with Gasteiger partial charge in [0.15, 0.2) is 0 Å². The number of amides is 1. The van der Waals surface area contributed by atoms with Gasteiger partial charge in [-0.15, -0.1) is 0 Å². The molecule has 42 heavy (non-hydrogen) atoms. The smallest absolute Gasteiger partial charge is 0.416 e. The van der Waals surface area contributed by atoms with Crippen LogP contribution in [-0.4, -0.2) is 32.1 Å². The first kappa shape index (κ1) is 32.4. The van der Waals surface area contributed by atoms with E-state index in [0.717, 1.165) is 61.8 Å². The first-order chi connectivity index (χ1) is 20.2. The largest absolute Gasteiger partial charge is 0.489 e. The van der Waals surface area contributed by atoms with Crippen molar-refractivity contribution in [2.24, 2.45) is 0 Å². The number of hydrogen-bond donors (Lipinski definition) is 1. The molecule has 1 amide bonds. The number of aryl methyl sites for hydroxylation is 1. The summed E-state index contributed by atoms with van der Waals surface area (Å²) in [7, 11) is 1.31. The number of halogens is 3. The second kappa shape index (κ2) is 16.4. The summed E-state index contributed by atoms with van der Waals surface area (Å²) in [6.45, 7) is 2.86. The third kappa shape index (κ3) is 10.7. The molecule has 0 fully saturated rings. The molecule has 3 rings (SSSR count). The Labute approximate surface area is 245 Å². The van der Waals surface area contributed by atoms with Crippen molar-refractivity contribution in [3.63, 3.8) is 0 Å². The molecular weight excluding hydrogens is 543 g/mol. The summed E-state index contributed by atoms with van der Waals surface area (Å²) >= 11 is 0. The monoisotopic (exact) mass is 581 g/mol. The number of allylic oxidation sites excluding steroid dienone is 1. The van der Waals surface area contributed by atoms with E-state index in [-0.39, 0.29) is 24.8 Å². The number of carbonyl (C=O) groups excluding carboxylic acids is 2. The Kier molecular flexibility index (Phi) is 12.7. The van der Waals surface area contributed by atoms with E-state index >= 15 is 0 Å². The van der Waals surface area contributed by atoms with Gasteiger partial charge in [0.1, 0.15) is 12.4 Å². The second-order valence-electron chi connectivity index (χ2n) is 10.0. The fourth-order valence-corrected chi connectivity index (χ4v) is 4.35. The number of benzene rings is 3. The number of alkyl halides is 3. The quantitative estimate of drug-likeness (QED) is 0.112. The van der Waals surface area contributed by atoms with Gasteiger partial charge in [0, 0.05) is 12.1 Å². The Hall–Kier alpha value is -4.07. The maximum atomic E-state index is 12.8. The molecule has 0 spiro atoms. The summed E-state index contributed by atoms with van der Waals surface area (Å²) < 4.78 is 49.2. The van der Waals surface area contributed by atoms with Crippen molar-refractivity contribution in [3.8, 4) is 16.9 Å². The first-order valence-corrected chi connectivity index (χ1v) is 14.2. The topological polar surface area (TPSA) is 64.6 Å². The van der Waals surface area contributed by atoms with Crippen molar-refractivity contribution in [1.29, 1.82) is 0 Å². The van der Waals surface area contributed by atoms with Crippen LogP contribution in [0.15, 0.2) is 84.4 Å². The molecule has 0 saturated heterocycles. The molecule has 5 nitrogen and oxygen atoms in total. The molecule has 1 N–H and O–H groups in total. The highest BCUT2D eigenvalue weighted by Crippen LogP contribution is 2.31. The van der Waals surface area contributed by atoms with Crippen LogP contribution in [0.1, 0.15) is 66.9 Å². The third-order valence-corrected chi connectivity index (χ3v) is 6.85. The Balaban J connectivity index is 1.53. The molecule has 0 atom stereocenters. The SMILES string of the molecule is CCCCCC(=CCCc1ccc(C(=O)NCCC(=O)OC)cc1)COc1ccc(-c2ccc(C(F)(F)F)cc2)cc1. The maximum absolute atomic E-state index is 12.8. The number of nitrogens with one attached hydrogen (secondary N) is 1. The predicted molar refractivity (Wildman–Crippen MR) is 158 cm³/mol. The molecule has 0 aliphatic rings. The Morgan fingerprint density at radius 3 is 2.10 bits per heavy atom. The van der Waals surface area contributed by atoms with E-state index < -0.39 is 11.7 Å². The van der Waals surface area contributed by atoms with Gasteiger partial charge in [-0.3, -0.25) is 9.59 Å². The van der Waals surface area contributed by atoms with Gasteiger partial charge >= 0.3 is 12.1 Å². The van der Waals surface area contributed by atoms with Gasteiger partial charge in [0.05, 0.1) is 19.1 Å². The van der Waals surface area contributed by atoms with E-state index in [1.54, 1.807) is 12.1 Å². The summed E-state index contributed by atoms with van der Waals surface area (Å²) in [4.78, 5) is 23.4. The Bertz CT molecular complexity index is 1300. The summed E-state index contributed by atoms with van der Waals surface area (Å²) in [5, 5.41) is 2.71. The van der Waals surface area contributed by atoms with Crippen LogP contribution >= 0.6 is 0 Å². The lowest BCUT2D eigenvalue weighted by Crippen LogP contribution is -2.26. The maximum Gasteiger partial charge on any atom is 0.416 e. The molecule has 3 aromatic carbocycles. The molecule has 0 aliphatic heterocycles. The molecule has 0 aromatic heterocycles. The second-order valence-corrected chi connectivity index (χ2v) is 10.0. The van der Waals surface area contributed by atoms with Crippen LogP contribution in [0.25, 0.3) is 11.1 Å². The van der Waals surface area contributed by atoms with Crippen LogP contribution in [0.3, 0.4) is 0 Å². The lowest BCUT2D eigenvalue weighted by atomic mass is 10.0. The molecule has 0 saturated carbocycles. The normalized spacial score (nSPS) is 11.7. The van der Waals surface area contributed by atoms with E-state index in [1.807, 2.05) is 36.4 Å². The van der Waals surface area contributed by atoms with Gasteiger partial charge < -0.3 is 14.8 Å². The zero-order valence-corrected chi connectivity index (χ0v) is 24.1. The summed E-state index contributed by atoms with van der Waals surface area (Å²) in [5.41, 5.74) is 3.74. The van der Waals surface area contributed by atoms with Crippen LogP contribution < -0.4 is 10.1 Å². The lowest BCUT2D eigenvalue weighted by molar-refractivity contribution is -0.140.